The van der Waals surface area contributed by atoms with E-state index in [2.05, 4.69) is 5.32 Å². The molecule has 0 heterocycles. The first-order valence-corrected chi connectivity index (χ1v) is 13.9. The molecule has 1 atom stereocenters. The molecular weight excluding hydrogens is 510 g/mol. The molecule has 0 bridgehead atoms. The number of hydrogen-bond donors (Lipinski definition) is 1. The first kappa shape index (κ1) is 28.2. The zero-order chi connectivity index (χ0) is 27.0. The minimum absolute atomic E-state index is 0.0766. The van der Waals surface area contributed by atoms with Crippen molar-refractivity contribution in [3.8, 4) is 0 Å². The molecule has 3 rings (SSSR count). The van der Waals surface area contributed by atoms with Crippen LogP contribution in [0.25, 0.3) is 0 Å². The molecule has 0 aliphatic carbocycles. The molecule has 37 heavy (non-hydrogen) atoms. The normalized spacial score (nSPS) is 12.0. The van der Waals surface area contributed by atoms with E-state index in [9.17, 15) is 18.0 Å². The van der Waals surface area contributed by atoms with Gasteiger partial charge in [0, 0.05) is 18.1 Å². The summed E-state index contributed by atoms with van der Waals surface area (Å²) in [6.07, 6.45) is 0.750. The molecule has 3 aromatic carbocycles. The summed E-state index contributed by atoms with van der Waals surface area (Å²) >= 11 is 6.02. The van der Waals surface area contributed by atoms with Gasteiger partial charge in [-0.15, -0.1) is 0 Å². The Balaban J connectivity index is 1.98. The lowest BCUT2D eigenvalue weighted by atomic mass is 10.1. The third kappa shape index (κ3) is 7.33. The van der Waals surface area contributed by atoms with Crippen LogP contribution in [-0.2, 0) is 26.2 Å². The second-order valence-electron chi connectivity index (χ2n) is 8.78. The maximum absolute atomic E-state index is 13.8. The van der Waals surface area contributed by atoms with Crippen LogP contribution in [0.5, 0.6) is 0 Å². The number of nitrogens with zero attached hydrogens (tertiary/aromatic N) is 2. The lowest BCUT2D eigenvalue weighted by molar-refractivity contribution is -0.139. The Labute approximate surface area is 224 Å². The number of anilines is 1. The van der Waals surface area contributed by atoms with Crippen LogP contribution < -0.4 is 9.62 Å². The minimum Gasteiger partial charge on any atom is -0.354 e. The maximum atomic E-state index is 13.8. The number of nitrogens with one attached hydrogen (secondary N) is 1. The summed E-state index contributed by atoms with van der Waals surface area (Å²) in [7, 11) is -4.07. The second kappa shape index (κ2) is 12.7. The van der Waals surface area contributed by atoms with Gasteiger partial charge >= 0.3 is 0 Å². The molecule has 0 aliphatic rings. The number of sulfonamides is 1. The molecule has 0 fully saturated rings. The number of hydrogen-bond acceptors (Lipinski definition) is 4. The van der Waals surface area contributed by atoms with Gasteiger partial charge in [-0.25, -0.2) is 8.42 Å². The van der Waals surface area contributed by atoms with E-state index in [-0.39, 0.29) is 17.3 Å². The molecule has 0 aliphatic heterocycles. The van der Waals surface area contributed by atoms with E-state index in [0.717, 1.165) is 21.9 Å². The van der Waals surface area contributed by atoms with Gasteiger partial charge in [0.15, 0.2) is 0 Å². The van der Waals surface area contributed by atoms with E-state index in [1.54, 1.807) is 73.7 Å². The summed E-state index contributed by atoms with van der Waals surface area (Å²) in [5.41, 5.74) is 2.04. The van der Waals surface area contributed by atoms with Crippen molar-refractivity contribution < 1.29 is 18.0 Å². The van der Waals surface area contributed by atoms with Crippen molar-refractivity contribution in [3.05, 3.63) is 95.0 Å². The Morgan fingerprint density at radius 1 is 0.946 bits per heavy atom. The van der Waals surface area contributed by atoms with Crippen molar-refractivity contribution in [2.24, 2.45) is 0 Å². The Bertz CT molecular complexity index is 1300. The molecule has 7 nitrogen and oxygen atoms in total. The van der Waals surface area contributed by atoms with Gasteiger partial charge < -0.3 is 10.2 Å². The summed E-state index contributed by atoms with van der Waals surface area (Å²) in [5, 5.41) is 3.37. The molecule has 196 valence electrons. The zero-order valence-corrected chi connectivity index (χ0v) is 22.8. The summed E-state index contributed by atoms with van der Waals surface area (Å²) in [4.78, 5) is 28.1. The van der Waals surface area contributed by atoms with Crippen LogP contribution in [0.4, 0.5) is 5.69 Å². The summed E-state index contributed by atoms with van der Waals surface area (Å²) in [6, 6.07) is 21.1. The predicted molar refractivity (Wildman–Crippen MR) is 147 cm³/mol. The van der Waals surface area contributed by atoms with Crippen LogP contribution in [0.15, 0.2) is 83.8 Å². The maximum Gasteiger partial charge on any atom is 0.264 e. The number of aryl methyl sites for hydroxylation is 1. The number of carbonyl (C=O) groups excluding carboxylic acids is 2. The van der Waals surface area contributed by atoms with E-state index < -0.39 is 28.5 Å². The fraction of sp³-hybridized carbons (Fsp3) is 0.286. The van der Waals surface area contributed by atoms with Gasteiger partial charge in [0.05, 0.1) is 10.6 Å². The lowest BCUT2D eigenvalue weighted by Crippen LogP contribution is -2.51. The van der Waals surface area contributed by atoms with E-state index in [1.807, 2.05) is 13.8 Å². The van der Waals surface area contributed by atoms with Crippen LogP contribution >= 0.6 is 11.6 Å². The molecule has 0 spiro atoms. The molecule has 1 N–H and O–H groups in total. The van der Waals surface area contributed by atoms with Gasteiger partial charge in [-0.1, -0.05) is 66.6 Å². The SMILES string of the molecule is CCCNC(=O)[C@@H](C)N(Cc1ccc(Cl)cc1)C(=O)CN(c1ccccc1)S(=O)(=O)c1ccc(C)cc1. The predicted octanol–water partition coefficient (Wildman–Crippen LogP) is 4.79. The molecule has 2 amide bonds. The van der Waals surface area contributed by atoms with Crippen molar-refractivity contribution in [1.29, 1.82) is 0 Å². The van der Waals surface area contributed by atoms with Crippen molar-refractivity contribution in [1.82, 2.24) is 10.2 Å². The zero-order valence-electron chi connectivity index (χ0n) is 21.2. The Morgan fingerprint density at radius 3 is 2.16 bits per heavy atom. The largest absolute Gasteiger partial charge is 0.354 e. The monoisotopic (exact) mass is 541 g/mol. The Hall–Kier alpha value is -3.36. The van der Waals surface area contributed by atoms with Crippen LogP contribution in [0.3, 0.4) is 0 Å². The first-order valence-electron chi connectivity index (χ1n) is 12.1. The van der Waals surface area contributed by atoms with Crippen molar-refractivity contribution >= 4 is 39.1 Å². The van der Waals surface area contributed by atoms with Crippen molar-refractivity contribution in [2.75, 3.05) is 17.4 Å². The number of carbonyl (C=O) groups is 2. The van der Waals surface area contributed by atoms with Crippen molar-refractivity contribution in [3.63, 3.8) is 0 Å². The highest BCUT2D eigenvalue weighted by molar-refractivity contribution is 7.92. The van der Waals surface area contributed by atoms with E-state index in [4.69, 9.17) is 11.6 Å². The van der Waals surface area contributed by atoms with Gasteiger partial charge in [-0.3, -0.25) is 13.9 Å². The first-order chi connectivity index (χ1) is 17.6. The van der Waals surface area contributed by atoms with Crippen LogP contribution in [0.2, 0.25) is 5.02 Å². The number of rotatable bonds is 11. The number of para-hydroxylation sites is 1. The van der Waals surface area contributed by atoms with Gasteiger partial charge in [0.2, 0.25) is 11.8 Å². The Morgan fingerprint density at radius 2 is 1.57 bits per heavy atom. The van der Waals surface area contributed by atoms with Gasteiger partial charge in [0.1, 0.15) is 12.6 Å². The molecule has 3 aromatic rings. The lowest BCUT2D eigenvalue weighted by Gasteiger charge is -2.32. The van der Waals surface area contributed by atoms with Gasteiger partial charge in [-0.2, -0.15) is 0 Å². The molecule has 0 saturated heterocycles. The smallest absolute Gasteiger partial charge is 0.264 e. The average Bonchev–Trinajstić information content (AvgIpc) is 2.90. The third-order valence-corrected chi connectivity index (χ3v) is 7.95. The summed E-state index contributed by atoms with van der Waals surface area (Å²) < 4.78 is 28.5. The van der Waals surface area contributed by atoms with Crippen LogP contribution in [-0.4, -0.2) is 44.3 Å². The van der Waals surface area contributed by atoms with E-state index >= 15 is 0 Å². The van der Waals surface area contributed by atoms with E-state index in [0.29, 0.717) is 17.3 Å². The molecule has 0 unspecified atom stereocenters. The molecule has 0 saturated carbocycles. The molecular formula is C28H32ClN3O4S. The fourth-order valence-electron chi connectivity index (χ4n) is 3.73. The van der Waals surface area contributed by atoms with Crippen LogP contribution in [0, 0.1) is 6.92 Å². The highest BCUT2D eigenvalue weighted by Crippen LogP contribution is 2.25. The minimum atomic E-state index is -4.07. The standard InChI is InChI=1S/C28H32ClN3O4S/c1-4-18-30-28(34)22(3)31(19-23-12-14-24(29)15-13-23)27(33)20-32(25-8-6-5-7-9-25)37(35,36)26-16-10-21(2)11-17-26/h5-17,22H,4,18-20H2,1-3H3,(H,30,34)/t22-/m1/s1. The topological polar surface area (TPSA) is 86.8 Å². The Kier molecular flexibility index (Phi) is 9.72. The highest BCUT2D eigenvalue weighted by atomic mass is 35.5. The van der Waals surface area contributed by atoms with Crippen molar-refractivity contribution in [2.45, 2.75) is 44.7 Å². The number of benzene rings is 3. The summed E-state index contributed by atoms with van der Waals surface area (Å²) in [6.45, 7) is 5.57. The fourth-order valence-corrected chi connectivity index (χ4v) is 5.27. The quantitative estimate of drug-likeness (QED) is 0.378. The number of amides is 2. The highest BCUT2D eigenvalue weighted by Gasteiger charge is 2.32. The molecule has 9 heteroatoms. The average molecular weight is 542 g/mol. The van der Waals surface area contributed by atoms with Gasteiger partial charge in [0.25, 0.3) is 10.0 Å². The van der Waals surface area contributed by atoms with Gasteiger partial charge in [-0.05, 0) is 62.2 Å². The molecule has 0 radical (unpaired) electrons. The molecule has 0 aromatic heterocycles. The van der Waals surface area contributed by atoms with Crippen LogP contribution in [0.1, 0.15) is 31.4 Å². The third-order valence-electron chi connectivity index (χ3n) is 5.91. The number of halogens is 1. The second-order valence-corrected chi connectivity index (χ2v) is 11.1. The summed E-state index contributed by atoms with van der Waals surface area (Å²) in [5.74, 6) is -0.814. The van der Waals surface area contributed by atoms with E-state index in [1.165, 1.54) is 17.0 Å².